The predicted octanol–water partition coefficient (Wildman–Crippen LogP) is 2.37. The van der Waals surface area contributed by atoms with E-state index in [1.165, 1.54) is 4.88 Å². The molecule has 1 aliphatic rings. The number of rotatable bonds is 3. The summed E-state index contributed by atoms with van der Waals surface area (Å²) in [5, 5.41) is 14.6. The smallest absolute Gasteiger partial charge is 0.251 e. The number of carbonyl (C=O) groups excluding carboxylic acids is 1. The number of thiophene rings is 1. The van der Waals surface area contributed by atoms with E-state index in [0.717, 1.165) is 22.6 Å². The summed E-state index contributed by atoms with van der Waals surface area (Å²) in [5.74, 6) is 0.701. The fraction of sp³-hybridized carbons (Fsp3) is 0.316. The van der Waals surface area contributed by atoms with Gasteiger partial charge >= 0.3 is 0 Å². The van der Waals surface area contributed by atoms with Crippen LogP contribution < -0.4 is 10.2 Å². The molecule has 0 radical (unpaired) electrons. The van der Waals surface area contributed by atoms with Gasteiger partial charge in [-0.05, 0) is 31.5 Å². The highest BCUT2D eigenvalue weighted by Gasteiger charge is 2.30. The number of hydrogen-bond acceptors (Lipinski definition) is 6. The number of anilines is 1. The van der Waals surface area contributed by atoms with Crippen LogP contribution in [0.25, 0.3) is 10.2 Å². The summed E-state index contributed by atoms with van der Waals surface area (Å²) in [6, 6.07) is 10.9. The van der Waals surface area contributed by atoms with Crippen molar-refractivity contribution in [2.75, 3.05) is 18.0 Å². The number of benzene rings is 1. The first-order valence-corrected chi connectivity index (χ1v) is 9.43. The van der Waals surface area contributed by atoms with Gasteiger partial charge in [-0.1, -0.05) is 18.2 Å². The SMILES string of the molecule is Cc1cc2c(N3CC[C@H](NC(=O)c4ccccc4)[C@@H](O)C3)ncnc2s1. The topological polar surface area (TPSA) is 78.4 Å². The standard InChI is InChI=1S/C19H20N4O2S/c1-12-9-14-17(20-11-21-19(14)26-12)23-8-7-15(16(24)10-23)22-18(25)13-5-3-2-4-6-13/h2-6,9,11,15-16,24H,7-8,10H2,1H3,(H,22,25)/t15-,16-/m0/s1. The number of nitrogens with one attached hydrogen (secondary N) is 1. The Morgan fingerprint density at radius 1 is 1.31 bits per heavy atom. The lowest BCUT2D eigenvalue weighted by Crippen LogP contribution is -2.54. The van der Waals surface area contributed by atoms with Crippen LogP contribution in [0.15, 0.2) is 42.7 Å². The Morgan fingerprint density at radius 2 is 2.12 bits per heavy atom. The average molecular weight is 368 g/mol. The van der Waals surface area contributed by atoms with Crippen LogP contribution in [0.4, 0.5) is 5.82 Å². The van der Waals surface area contributed by atoms with Crippen molar-refractivity contribution in [2.24, 2.45) is 0 Å². The zero-order valence-corrected chi connectivity index (χ0v) is 15.2. The number of fused-ring (bicyclic) bond motifs is 1. The van der Waals surface area contributed by atoms with E-state index in [9.17, 15) is 9.90 Å². The second-order valence-corrected chi connectivity index (χ2v) is 7.76. The normalized spacial score (nSPS) is 20.3. The minimum atomic E-state index is -0.652. The molecule has 0 spiro atoms. The van der Waals surface area contributed by atoms with Crippen molar-refractivity contribution in [2.45, 2.75) is 25.5 Å². The Kier molecular flexibility index (Phi) is 4.57. The molecule has 1 fully saturated rings. The van der Waals surface area contributed by atoms with Gasteiger partial charge in [0.2, 0.25) is 0 Å². The van der Waals surface area contributed by atoms with Crippen LogP contribution >= 0.6 is 11.3 Å². The van der Waals surface area contributed by atoms with Crippen LogP contribution in [0, 0.1) is 6.92 Å². The van der Waals surface area contributed by atoms with Gasteiger partial charge in [0.05, 0.1) is 17.5 Å². The van der Waals surface area contributed by atoms with Crippen LogP contribution in [0.3, 0.4) is 0 Å². The minimum absolute atomic E-state index is 0.152. The maximum atomic E-state index is 12.3. The summed E-state index contributed by atoms with van der Waals surface area (Å²) in [7, 11) is 0. The van der Waals surface area contributed by atoms with E-state index in [4.69, 9.17) is 0 Å². The van der Waals surface area contributed by atoms with E-state index in [1.54, 1.807) is 29.8 Å². The molecule has 7 heteroatoms. The van der Waals surface area contributed by atoms with Gasteiger partial charge in [-0.2, -0.15) is 0 Å². The van der Waals surface area contributed by atoms with Gasteiger partial charge in [0, 0.05) is 23.5 Å². The number of carbonyl (C=O) groups is 1. The van der Waals surface area contributed by atoms with Crippen LogP contribution in [-0.2, 0) is 0 Å². The van der Waals surface area contributed by atoms with Crippen molar-refractivity contribution in [1.82, 2.24) is 15.3 Å². The number of aliphatic hydroxyl groups excluding tert-OH is 1. The molecule has 3 aromatic rings. The quantitative estimate of drug-likeness (QED) is 0.742. The first-order valence-electron chi connectivity index (χ1n) is 8.62. The van der Waals surface area contributed by atoms with Gasteiger partial charge in [0.1, 0.15) is 17.0 Å². The second-order valence-electron chi connectivity index (χ2n) is 6.52. The Labute approximate surface area is 155 Å². The minimum Gasteiger partial charge on any atom is -0.389 e. The van der Waals surface area contributed by atoms with Gasteiger partial charge in [-0.25, -0.2) is 9.97 Å². The molecule has 1 aromatic carbocycles. The third-order valence-electron chi connectivity index (χ3n) is 4.67. The molecule has 6 nitrogen and oxygen atoms in total. The van der Waals surface area contributed by atoms with Crippen LogP contribution in [0.2, 0.25) is 0 Å². The number of amides is 1. The zero-order chi connectivity index (χ0) is 18.1. The molecule has 2 aromatic heterocycles. The molecule has 0 unspecified atom stereocenters. The molecule has 3 heterocycles. The Bertz CT molecular complexity index is 928. The van der Waals surface area contributed by atoms with Crippen molar-refractivity contribution in [3.05, 3.63) is 53.2 Å². The molecule has 0 aliphatic carbocycles. The van der Waals surface area contributed by atoms with Gasteiger partial charge < -0.3 is 15.3 Å². The van der Waals surface area contributed by atoms with E-state index in [2.05, 4.69) is 33.2 Å². The fourth-order valence-corrected chi connectivity index (χ4v) is 4.19. The molecule has 0 saturated carbocycles. The van der Waals surface area contributed by atoms with Gasteiger partial charge in [-0.15, -0.1) is 11.3 Å². The molecule has 0 bridgehead atoms. The lowest BCUT2D eigenvalue weighted by molar-refractivity contribution is 0.0798. The molecule has 26 heavy (non-hydrogen) atoms. The molecular weight excluding hydrogens is 348 g/mol. The van der Waals surface area contributed by atoms with Crippen molar-refractivity contribution in [3.8, 4) is 0 Å². The van der Waals surface area contributed by atoms with Gasteiger partial charge in [0.15, 0.2) is 0 Å². The Hall–Kier alpha value is -2.51. The maximum absolute atomic E-state index is 12.3. The van der Waals surface area contributed by atoms with Crippen LogP contribution in [0.1, 0.15) is 21.7 Å². The summed E-state index contributed by atoms with van der Waals surface area (Å²) in [6.45, 7) is 3.20. The van der Waals surface area contributed by atoms with E-state index in [0.29, 0.717) is 18.5 Å². The van der Waals surface area contributed by atoms with Crippen LogP contribution in [0.5, 0.6) is 0 Å². The number of hydrogen-bond donors (Lipinski definition) is 2. The molecule has 1 aliphatic heterocycles. The summed E-state index contributed by atoms with van der Waals surface area (Å²) in [4.78, 5) is 25.3. The zero-order valence-electron chi connectivity index (χ0n) is 14.4. The third kappa shape index (κ3) is 3.27. The molecular formula is C19H20N4O2S. The highest BCUT2D eigenvalue weighted by atomic mass is 32.1. The second kappa shape index (κ2) is 7.01. The van der Waals surface area contributed by atoms with Crippen molar-refractivity contribution >= 4 is 33.3 Å². The summed E-state index contributed by atoms with van der Waals surface area (Å²) < 4.78 is 0. The first kappa shape index (κ1) is 16.9. The van der Waals surface area contributed by atoms with E-state index >= 15 is 0 Å². The van der Waals surface area contributed by atoms with E-state index in [-0.39, 0.29) is 11.9 Å². The summed E-state index contributed by atoms with van der Waals surface area (Å²) in [5.41, 5.74) is 0.605. The summed E-state index contributed by atoms with van der Waals surface area (Å²) >= 11 is 1.64. The highest BCUT2D eigenvalue weighted by molar-refractivity contribution is 7.18. The monoisotopic (exact) mass is 368 g/mol. The Balaban J connectivity index is 1.47. The van der Waals surface area contributed by atoms with Gasteiger partial charge in [-0.3, -0.25) is 4.79 Å². The number of aromatic nitrogens is 2. The first-order chi connectivity index (χ1) is 12.6. The third-order valence-corrected chi connectivity index (χ3v) is 5.62. The lowest BCUT2D eigenvalue weighted by Gasteiger charge is -2.37. The fourth-order valence-electron chi connectivity index (χ4n) is 3.35. The Morgan fingerprint density at radius 3 is 2.88 bits per heavy atom. The molecule has 2 N–H and O–H groups in total. The molecule has 2 atom stereocenters. The lowest BCUT2D eigenvalue weighted by atomic mass is 10.0. The number of piperidine rings is 1. The van der Waals surface area contributed by atoms with Crippen molar-refractivity contribution in [1.29, 1.82) is 0 Å². The average Bonchev–Trinajstić information content (AvgIpc) is 3.04. The van der Waals surface area contributed by atoms with E-state index in [1.807, 2.05) is 18.2 Å². The van der Waals surface area contributed by atoms with E-state index < -0.39 is 6.10 Å². The molecule has 1 saturated heterocycles. The number of aliphatic hydroxyl groups is 1. The van der Waals surface area contributed by atoms with Crippen LogP contribution in [-0.4, -0.2) is 46.2 Å². The van der Waals surface area contributed by atoms with Crippen molar-refractivity contribution in [3.63, 3.8) is 0 Å². The van der Waals surface area contributed by atoms with Crippen molar-refractivity contribution < 1.29 is 9.90 Å². The molecule has 134 valence electrons. The molecule has 1 amide bonds. The number of β-amino-alcohol motifs (C(OH)–C–C–N with tert-alkyl or cyclic N) is 1. The van der Waals surface area contributed by atoms with Gasteiger partial charge in [0.25, 0.3) is 5.91 Å². The highest BCUT2D eigenvalue weighted by Crippen LogP contribution is 2.31. The maximum Gasteiger partial charge on any atom is 0.251 e. The summed E-state index contributed by atoms with van der Waals surface area (Å²) in [6.07, 6.45) is 1.58. The number of aryl methyl sites for hydroxylation is 1. The molecule has 4 rings (SSSR count). The number of nitrogens with zero attached hydrogens (tertiary/aromatic N) is 3. The largest absolute Gasteiger partial charge is 0.389 e. The predicted molar refractivity (Wildman–Crippen MR) is 103 cm³/mol.